The Morgan fingerprint density at radius 2 is 1.92 bits per heavy atom. The number of benzene rings is 1. The van der Waals surface area contributed by atoms with Crippen LogP contribution in [0.4, 0.5) is 0 Å². The summed E-state index contributed by atoms with van der Waals surface area (Å²) in [6, 6.07) is 6.88. The molecule has 2 amide bonds. The van der Waals surface area contributed by atoms with Crippen molar-refractivity contribution in [3.63, 3.8) is 0 Å². The van der Waals surface area contributed by atoms with E-state index in [0.717, 1.165) is 0 Å². The monoisotopic (exact) mass is 384 g/mol. The van der Waals surface area contributed by atoms with Gasteiger partial charge < -0.3 is 19.7 Å². The van der Waals surface area contributed by atoms with Crippen LogP contribution in [0.2, 0.25) is 5.02 Å². The molecule has 1 rings (SSSR count). The average molecular weight is 385 g/mol. The summed E-state index contributed by atoms with van der Waals surface area (Å²) < 4.78 is 10.4. The van der Waals surface area contributed by atoms with Crippen LogP contribution in [0, 0.1) is 0 Å². The highest BCUT2D eigenvalue weighted by Gasteiger charge is 2.16. The van der Waals surface area contributed by atoms with Crippen molar-refractivity contribution in [3.8, 4) is 5.75 Å². The first-order valence-corrected chi connectivity index (χ1v) is 8.87. The number of carbonyl (C=O) groups excluding carboxylic acids is 3. The van der Waals surface area contributed by atoms with Gasteiger partial charge >= 0.3 is 5.97 Å². The number of nitrogens with one attached hydrogen (secondary N) is 1. The fourth-order valence-corrected chi connectivity index (χ4v) is 2.34. The second kappa shape index (κ2) is 12.1. The summed E-state index contributed by atoms with van der Waals surface area (Å²) in [5, 5.41) is 3.09. The maximum Gasteiger partial charge on any atom is 0.307 e. The number of ether oxygens (including phenoxy) is 2. The van der Waals surface area contributed by atoms with Gasteiger partial charge in [-0.25, -0.2) is 0 Å². The highest BCUT2D eigenvalue weighted by Crippen LogP contribution is 2.23. The first-order chi connectivity index (χ1) is 12.4. The minimum absolute atomic E-state index is 0.103. The van der Waals surface area contributed by atoms with E-state index < -0.39 is 0 Å². The van der Waals surface area contributed by atoms with Crippen LogP contribution in [-0.2, 0) is 19.1 Å². The predicted octanol–water partition coefficient (Wildman–Crippen LogP) is 2.03. The molecule has 0 unspecified atom stereocenters. The number of nitrogens with zero attached hydrogens (tertiary/aromatic N) is 1. The summed E-state index contributed by atoms with van der Waals surface area (Å²) in [6.45, 7) is 4.34. The van der Waals surface area contributed by atoms with E-state index in [9.17, 15) is 14.4 Å². The summed E-state index contributed by atoms with van der Waals surface area (Å²) in [5.74, 6) is -0.334. The smallest absolute Gasteiger partial charge is 0.307 e. The first kappa shape index (κ1) is 21.8. The van der Waals surface area contributed by atoms with Gasteiger partial charge in [-0.1, -0.05) is 23.7 Å². The van der Waals surface area contributed by atoms with Crippen molar-refractivity contribution in [1.82, 2.24) is 10.2 Å². The molecule has 7 nitrogen and oxygen atoms in total. The van der Waals surface area contributed by atoms with Crippen molar-refractivity contribution in [2.75, 3.05) is 32.8 Å². The van der Waals surface area contributed by atoms with Crippen LogP contribution in [0.15, 0.2) is 24.3 Å². The molecule has 0 aliphatic carbocycles. The number of hydrogen-bond donors (Lipinski definition) is 1. The second-order valence-corrected chi connectivity index (χ2v) is 5.90. The highest BCUT2D eigenvalue weighted by molar-refractivity contribution is 6.32. The van der Waals surface area contributed by atoms with E-state index in [2.05, 4.69) is 5.32 Å². The van der Waals surface area contributed by atoms with Crippen LogP contribution in [0.3, 0.4) is 0 Å². The maximum atomic E-state index is 12.4. The van der Waals surface area contributed by atoms with E-state index in [1.807, 2.05) is 0 Å². The van der Waals surface area contributed by atoms with Crippen LogP contribution in [-0.4, -0.2) is 55.5 Å². The number of carbonyl (C=O) groups is 3. The standard InChI is InChI=1S/C18H25ClN2O5/c1-3-25-18(24)9-12-21(11-6-10-20-14(2)22)17(23)13-26-16-8-5-4-7-15(16)19/h4-5,7-8H,3,6,9-13H2,1-2H3,(H,20,22). The van der Waals surface area contributed by atoms with Gasteiger partial charge in [0.1, 0.15) is 5.75 Å². The first-order valence-electron chi connectivity index (χ1n) is 8.49. The topological polar surface area (TPSA) is 84.9 Å². The molecular formula is C18H25ClN2O5. The summed E-state index contributed by atoms with van der Waals surface area (Å²) in [5.41, 5.74) is 0. The molecule has 0 saturated heterocycles. The van der Waals surface area contributed by atoms with Gasteiger partial charge in [0.15, 0.2) is 6.61 Å². The van der Waals surface area contributed by atoms with Crippen molar-refractivity contribution in [2.45, 2.75) is 26.7 Å². The van der Waals surface area contributed by atoms with Gasteiger partial charge in [-0.2, -0.15) is 0 Å². The van der Waals surface area contributed by atoms with Gasteiger partial charge in [-0.15, -0.1) is 0 Å². The van der Waals surface area contributed by atoms with Gasteiger partial charge in [0.25, 0.3) is 5.91 Å². The van der Waals surface area contributed by atoms with E-state index >= 15 is 0 Å². The number of rotatable bonds is 11. The Kier molecular flexibility index (Phi) is 10.2. The zero-order valence-corrected chi connectivity index (χ0v) is 15.9. The molecule has 1 N–H and O–H groups in total. The highest BCUT2D eigenvalue weighted by atomic mass is 35.5. The molecule has 0 radical (unpaired) electrons. The fraction of sp³-hybridized carbons (Fsp3) is 0.500. The molecule has 8 heteroatoms. The molecule has 144 valence electrons. The van der Waals surface area contributed by atoms with Crippen LogP contribution < -0.4 is 10.1 Å². The van der Waals surface area contributed by atoms with Gasteiger partial charge in [-0.05, 0) is 25.5 Å². The zero-order valence-electron chi connectivity index (χ0n) is 15.1. The Balaban J connectivity index is 2.56. The molecule has 1 aromatic rings. The third kappa shape index (κ3) is 8.71. The molecule has 0 bridgehead atoms. The van der Waals surface area contributed by atoms with Crippen molar-refractivity contribution >= 4 is 29.4 Å². The van der Waals surface area contributed by atoms with Gasteiger partial charge in [0.05, 0.1) is 18.1 Å². The largest absolute Gasteiger partial charge is 0.482 e. The third-order valence-electron chi connectivity index (χ3n) is 3.41. The third-order valence-corrected chi connectivity index (χ3v) is 3.72. The Hall–Kier alpha value is -2.28. The lowest BCUT2D eigenvalue weighted by molar-refractivity contribution is -0.144. The molecule has 0 spiro atoms. The lowest BCUT2D eigenvalue weighted by atomic mass is 10.3. The number of hydrogen-bond acceptors (Lipinski definition) is 5. The number of amides is 2. The number of esters is 1. The van der Waals surface area contributed by atoms with Gasteiger partial charge in [0, 0.05) is 26.6 Å². The number of halogens is 1. The van der Waals surface area contributed by atoms with E-state index in [4.69, 9.17) is 21.1 Å². The predicted molar refractivity (Wildman–Crippen MR) is 98.1 cm³/mol. The van der Waals surface area contributed by atoms with Crippen molar-refractivity contribution in [1.29, 1.82) is 0 Å². The summed E-state index contributed by atoms with van der Waals surface area (Å²) in [4.78, 5) is 36.4. The molecule has 0 aliphatic rings. The normalized spacial score (nSPS) is 10.1. The summed E-state index contributed by atoms with van der Waals surface area (Å²) in [6.07, 6.45) is 0.673. The Morgan fingerprint density at radius 1 is 1.19 bits per heavy atom. The Labute approximate surface area is 158 Å². The summed E-state index contributed by atoms with van der Waals surface area (Å²) in [7, 11) is 0. The molecule has 0 atom stereocenters. The Morgan fingerprint density at radius 3 is 2.58 bits per heavy atom. The van der Waals surface area contributed by atoms with Crippen molar-refractivity contribution < 1.29 is 23.9 Å². The number of para-hydroxylation sites is 1. The molecule has 0 saturated carbocycles. The molecule has 0 heterocycles. The van der Waals surface area contributed by atoms with Crippen LogP contribution in [0.5, 0.6) is 5.75 Å². The zero-order chi connectivity index (χ0) is 19.4. The lowest BCUT2D eigenvalue weighted by Crippen LogP contribution is -2.38. The fourth-order valence-electron chi connectivity index (χ4n) is 2.15. The molecule has 0 aromatic heterocycles. The minimum Gasteiger partial charge on any atom is -0.482 e. The Bertz CT molecular complexity index is 609. The van der Waals surface area contributed by atoms with E-state index in [0.29, 0.717) is 36.9 Å². The molecule has 0 fully saturated rings. The SMILES string of the molecule is CCOC(=O)CCN(CCCNC(C)=O)C(=O)COc1ccccc1Cl. The molecule has 0 aliphatic heterocycles. The quantitative estimate of drug-likeness (QED) is 0.466. The van der Waals surface area contributed by atoms with Crippen LogP contribution >= 0.6 is 11.6 Å². The van der Waals surface area contributed by atoms with Crippen molar-refractivity contribution in [3.05, 3.63) is 29.3 Å². The second-order valence-electron chi connectivity index (χ2n) is 5.49. The molecule has 26 heavy (non-hydrogen) atoms. The van der Waals surface area contributed by atoms with E-state index in [-0.39, 0.29) is 37.4 Å². The lowest BCUT2D eigenvalue weighted by Gasteiger charge is -2.22. The maximum absolute atomic E-state index is 12.4. The van der Waals surface area contributed by atoms with Gasteiger partial charge in [0.2, 0.25) is 5.91 Å². The minimum atomic E-state index is -0.362. The molecule has 1 aromatic carbocycles. The van der Waals surface area contributed by atoms with Crippen LogP contribution in [0.1, 0.15) is 26.7 Å². The summed E-state index contributed by atoms with van der Waals surface area (Å²) >= 11 is 6.01. The van der Waals surface area contributed by atoms with E-state index in [1.165, 1.54) is 11.8 Å². The van der Waals surface area contributed by atoms with Gasteiger partial charge in [-0.3, -0.25) is 14.4 Å². The molecular weight excluding hydrogens is 360 g/mol. The van der Waals surface area contributed by atoms with Crippen molar-refractivity contribution in [2.24, 2.45) is 0 Å². The average Bonchev–Trinajstić information content (AvgIpc) is 2.60. The van der Waals surface area contributed by atoms with Crippen LogP contribution in [0.25, 0.3) is 0 Å². The van der Waals surface area contributed by atoms with E-state index in [1.54, 1.807) is 31.2 Å².